The van der Waals surface area contributed by atoms with Crippen molar-refractivity contribution in [3.05, 3.63) is 29.6 Å². The molecule has 112 valence electrons. The van der Waals surface area contributed by atoms with Crippen LogP contribution in [0.3, 0.4) is 0 Å². The predicted octanol–water partition coefficient (Wildman–Crippen LogP) is 1.11. The van der Waals surface area contributed by atoms with Crippen LogP contribution >= 0.6 is 0 Å². The molecular formula is C16H20N2O3. The summed E-state index contributed by atoms with van der Waals surface area (Å²) in [7, 11) is 0. The van der Waals surface area contributed by atoms with E-state index in [0.29, 0.717) is 18.7 Å². The number of aliphatic hydroxyl groups is 1. The Morgan fingerprint density at radius 1 is 1.52 bits per heavy atom. The van der Waals surface area contributed by atoms with Crippen LogP contribution in [0.5, 0.6) is 0 Å². The van der Waals surface area contributed by atoms with Crippen LogP contribution in [0, 0.1) is 11.8 Å². The first kappa shape index (κ1) is 15.5. The second-order valence-electron chi connectivity index (χ2n) is 4.89. The number of ether oxygens (including phenoxy) is 1. The highest BCUT2D eigenvalue weighted by atomic mass is 16.5. The summed E-state index contributed by atoms with van der Waals surface area (Å²) in [6.07, 6.45) is 5.32. The topological polar surface area (TPSA) is 71.5 Å². The quantitative estimate of drug-likeness (QED) is 0.796. The van der Waals surface area contributed by atoms with Crippen molar-refractivity contribution in [3.63, 3.8) is 0 Å². The van der Waals surface area contributed by atoms with Crippen LogP contribution in [-0.4, -0.2) is 41.9 Å². The first-order chi connectivity index (χ1) is 10.3. The zero-order valence-corrected chi connectivity index (χ0v) is 12.0. The molecule has 0 bridgehead atoms. The highest BCUT2D eigenvalue weighted by molar-refractivity contribution is 5.92. The zero-order valence-electron chi connectivity index (χ0n) is 12.0. The highest BCUT2D eigenvalue weighted by Crippen LogP contribution is 2.14. The standard InChI is InChI=1S/C16H20N2O3/c19-10-2-1-4-13-6-7-15(18-12-13)16(20)17-9-8-14-5-3-11-21-14/h6-7,12,14,19H,2-3,5,8-11H2,(H,17,20). The van der Waals surface area contributed by atoms with Crippen molar-refractivity contribution in [2.24, 2.45) is 0 Å². The lowest BCUT2D eigenvalue weighted by molar-refractivity contribution is 0.0903. The van der Waals surface area contributed by atoms with E-state index in [4.69, 9.17) is 9.84 Å². The van der Waals surface area contributed by atoms with E-state index >= 15 is 0 Å². The SMILES string of the molecule is O=C(NCCC1CCCO1)c1ccc(C#CCCO)cn1. The van der Waals surface area contributed by atoms with E-state index in [1.807, 2.05) is 0 Å². The van der Waals surface area contributed by atoms with Gasteiger partial charge in [0.05, 0.1) is 12.7 Å². The van der Waals surface area contributed by atoms with E-state index in [9.17, 15) is 4.79 Å². The fraction of sp³-hybridized carbons (Fsp3) is 0.500. The normalized spacial score (nSPS) is 17.1. The molecule has 0 saturated carbocycles. The van der Waals surface area contributed by atoms with Crippen LogP contribution in [0.1, 0.15) is 41.7 Å². The Morgan fingerprint density at radius 2 is 2.43 bits per heavy atom. The largest absolute Gasteiger partial charge is 0.395 e. The predicted molar refractivity (Wildman–Crippen MR) is 78.7 cm³/mol. The number of carbonyl (C=O) groups excluding carboxylic acids is 1. The van der Waals surface area contributed by atoms with Gasteiger partial charge < -0.3 is 15.2 Å². The molecule has 1 unspecified atom stereocenters. The van der Waals surface area contributed by atoms with E-state index in [-0.39, 0.29) is 18.6 Å². The molecule has 2 rings (SSSR count). The molecule has 5 heteroatoms. The summed E-state index contributed by atoms with van der Waals surface area (Å²) >= 11 is 0. The van der Waals surface area contributed by atoms with Crippen LogP contribution in [0.25, 0.3) is 0 Å². The van der Waals surface area contributed by atoms with Crippen molar-refractivity contribution in [2.45, 2.75) is 31.8 Å². The molecule has 0 spiro atoms. The van der Waals surface area contributed by atoms with Crippen LogP contribution < -0.4 is 5.32 Å². The number of pyridine rings is 1. The van der Waals surface area contributed by atoms with E-state index in [0.717, 1.165) is 31.4 Å². The van der Waals surface area contributed by atoms with Crippen molar-refractivity contribution in [2.75, 3.05) is 19.8 Å². The van der Waals surface area contributed by atoms with Gasteiger partial charge in [0.2, 0.25) is 0 Å². The number of aliphatic hydroxyl groups excluding tert-OH is 1. The fourth-order valence-electron chi connectivity index (χ4n) is 2.13. The number of hydrogen-bond acceptors (Lipinski definition) is 4. The van der Waals surface area contributed by atoms with Gasteiger partial charge in [-0.15, -0.1) is 0 Å². The van der Waals surface area contributed by atoms with Gasteiger partial charge in [-0.3, -0.25) is 4.79 Å². The van der Waals surface area contributed by atoms with Gasteiger partial charge in [0.25, 0.3) is 5.91 Å². The van der Waals surface area contributed by atoms with Crippen molar-refractivity contribution in [1.29, 1.82) is 0 Å². The maximum Gasteiger partial charge on any atom is 0.269 e. The minimum Gasteiger partial charge on any atom is -0.395 e. The minimum atomic E-state index is -0.178. The average molecular weight is 288 g/mol. The number of rotatable bonds is 5. The van der Waals surface area contributed by atoms with Gasteiger partial charge in [-0.25, -0.2) is 4.98 Å². The summed E-state index contributed by atoms with van der Waals surface area (Å²) < 4.78 is 5.50. The molecule has 1 aliphatic heterocycles. The van der Waals surface area contributed by atoms with Crippen molar-refractivity contribution in [1.82, 2.24) is 10.3 Å². The summed E-state index contributed by atoms with van der Waals surface area (Å²) in [5.74, 6) is 5.50. The monoisotopic (exact) mass is 288 g/mol. The lowest BCUT2D eigenvalue weighted by Crippen LogP contribution is -2.27. The lowest BCUT2D eigenvalue weighted by Gasteiger charge is -2.09. The molecule has 1 aromatic heterocycles. The van der Waals surface area contributed by atoms with Crippen molar-refractivity contribution < 1.29 is 14.6 Å². The molecule has 0 aliphatic carbocycles. The average Bonchev–Trinajstić information content (AvgIpc) is 3.01. The van der Waals surface area contributed by atoms with Crippen molar-refractivity contribution >= 4 is 5.91 Å². The molecule has 21 heavy (non-hydrogen) atoms. The first-order valence-electron chi connectivity index (χ1n) is 7.25. The third kappa shape index (κ3) is 5.18. The van der Waals surface area contributed by atoms with Gasteiger partial charge in [-0.1, -0.05) is 11.8 Å². The Labute approximate surface area is 124 Å². The molecule has 2 N–H and O–H groups in total. The lowest BCUT2D eigenvalue weighted by atomic mass is 10.2. The number of hydrogen-bond donors (Lipinski definition) is 2. The third-order valence-electron chi connectivity index (χ3n) is 3.24. The van der Waals surface area contributed by atoms with Gasteiger partial charge in [0.1, 0.15) is 5.69 Å². The molecular weight excluding hydrogens is 268 g/mol. The third-order valence-corrected chi connectivity index (χ3v) is 3.24. The van der Waals surface area contributed by atoms with Crippen LogP contribution in [0.15, 0.2) is 18.3 Å². The molecule has 1 aliphatic rings. The molecule has 0 aromatic carbocycles. The Balaban J connectivity index is 1.78. The first-order valence-corrected chi connectivity index (χ1v) is 7.25. The number of amides is 1. The summed E-state index contributed by atoms with van der Waals surface area (Å²) in [6, 6.07) is 3.41. The Kier molecular flexibility index (Phi) is 6.20. The Bertz CT molecular complexity index is 511. The number of nitrogens with zero attached hydrogens (tertiary/aromatic N) is 1. The molecule has 1 amide bonds. The van der Waals surface area contributed by atoms with Gasteiger partial charge >= 0.3 is 0 Å². The Morgan fingerprint density at radius 3 is 3.10 bits per heavy atom. The summed E-state index contributed by atoms with van der Waals surface area (Å²) in [6.45, 7) is 1.48. The number of carbonyl (C=O) groups is 1. The summed E-state index contributed by atoms with van der Waals surface area (Å²) in [4.78, 5) is 16.0. The minimum absolute atomic E-state index is 0.0472. The smallest absolute Gasteiger partial charge is 0.269 e. The van der Waals surface area contributed by atoms with Gasteiger partial charge in [-0.2, -0.15) is 0 Å². The van der Waals surface area contributed by atoms with Gasteiger partial charge in [0, 0.05) is 31.3 Å². The molecule has 1 fully saturated rings. The molecule has 5 nitrogen and oxygen atoms in total. The maximum absolute atomic E-state index is 11.9. The van der Waals surface area contributed by atoms with E-state index < -0.39 is 0 Å². The Hall–Kier alpha value is -1.90. The van der Waals surface area contributed by atoms with Crippen molar-refractivity contribution in [3.8, 4) is 11.8 Å². The molecule has 1 aromatic rings. The number of aromatic nitrogens is 1. The summed E-state index contributed by atoms with van der Waals surface area (Å²) in [5, 5.41) is 11.5. The van der Waals surface area contributed by atoms with Gasteiger partial charge in [-0.05, 0) is 31.4 Å². The molecule has 2 heterocycles. The number of nitrogens with one attached hydrogen (secondary N) is 1. The van der Waals surface area contributed by atoms with Crippen LogP contribution in [-0.2, 0) is 4.74 Å². The molecule has 1 atom stereocenters. The van der Waals surface area contributed by atoms with E-state index in [1.165, 1.54) is 0 Å². The molecule has 0 radical (unpaired) electrons. The zero-order chi connectivity index (χ0) is 14.9. The highest BCUT2D eigenvalue weighted by Gasteiger charge is 2.15. The fourth-order valence-corrected chi connectivity index (χ4v) is 2.13. The summed E-state index contributed by atoms with van der Waals surface area (Å²) in [5.41, 5.74) is 1.12. The van der Waals surface area contributed by atoms with Crippen LogP contribution in [0.4, 0.5) is 0 Å². The maximum atomic E-state index is 11.9. The molecule has 1 saturated heterocycles. The second kappa shape index (κ2) is 8.40. The second-order valence-corrected chi connectivity index (χ2v) is 4.89. The van der Waals surface area contributed by atoms with E-state index in [2.05, 4.69) is 22.1 Å². The van der Waals surface area contributed by atoms with Crippen LogP contribution in [0.2, 0.25) is 0 Å². The van der Waals surface area contributed by atoms with Gasteiger partial charge in [0.15, 0.2) is 0 Å². The van der Waals surface area contributed by atoms with E-state index in [1.54, 1.807) is 18.3 Å².